The second kappa shape index (κ2) is 6.75. The maximum Gasteiger partial charge on any atom is 0.243 e. The Kier molecular flexibility index (Phi) is 4.69. The first-order chi connectivity index (χ1) is 11.5. The van der Waals surface area contributed by atoms with Crippen LogP contribution >= 0.6 is 0 Å². The first-order valence-corrected chi connectivity index (χ1v) is 9.43. The Bertz CT molecular complexity index is 879. The zero-order chi connectivity index (χ0) is 17.2. The van der Waals surface area contributed by atoms with Gasteiger partial charge < -0.3 is 0 Å². The quantitative estimate of drug-likeness (QED) is 0.847. The molecular formula is C20H21NO2S. The predicted octanol–water partition coefficient (Wildman–Crippen LogP) is 4.03. The Morgan fingerprint density at radius 1 is 0.917 bits per heavy atom. The second-order valence-electron chi connectivity index (χ2n) is 5.98. The summed E-state index contributed by atoms with van der Waals surface area (Å²) in [5.74, 6) is 0. The molecular weight excluding hydrogens is 318 g/mol. The molecule has 0 atom stereocenters. The van der Waals surface area contributed by atoms with Gasteiger partial charge in [-0.25, -0.2) is 8.42 Å². The van der Waals surface area contributed by atoms with Gasteiger partial charge in [0.25, 0.3) is 0 Å². The van der Waals surface area contributed by atoms with E-state index < -0.39 is 10.0 Å². The van der Waals surface area contributed by atoms with Crippen LogP contribution in [0, 0.1) is 6.92 Å². The van der Waals surface area contributed by atoms with E-state index in [1.807, 2.05) is 62.4 Å². The maximum absolute atomic E-state index is 12.9. The van der Waals surface area contributed by atoms with Crippen LogP contribution in [-0.4, -0.2) is 25.8 Å². The summed E-state index contributed by atoms with van der Waals surface area (Å²) in [6.07, 6.45) is 4.07. The van der Waals surface area contributed by atoms with Crippen molar-refractivity contribution in [3.63, 3.8) is 0 Å². The third-order valence-electron chi connectivity index (χ3n) is 4.25. The van der Waals surface area contributed by atoms with Crippen LogP contribution in [0.4, 0.5) is 0 Å². The highest BCUT2D eigenvalue weighted by Crippen LogP contribution is 2.29. The minimum Gasteiger partial charge on any atom is -0.207 e. The summed E-state index contributed by atoms with van der Waals surface area (Å²) in [4.78, 5) is 0.351. The van der Waals surface area contributed by atoms with Crippen LogP contribution < -0.4 is 0 Å². The lowest BCUT2D eigenvalue weighted by Crippen LogP contribution is -2.28. The fourth-order valence-corrected chi connectivity index (χ4v) is 4.23. The van der Waals surface area contributed by atoms with Gasteiger partial charge in [-0.1, -0.05) is 60.2 Å². The van der Waals surface area contributed by atoms with Crippen molar-refractivity contribution in [2.75, 3.05) is 13.1 Å². The summed E-state index contributed by atoms with van der Waals surface area (Å²) in [6, 6.07) is 17.0. The highest BCUT2D eigenvalue weighted by atomic mass is 32.2. The minimum absolute atomic E-state index is 0.351. The van der Waals surface area contributed by atoms with Crippen molar-refractivity contribution in [3.05, 3.63) is 82.9 Å². The van der Waals surface area contributed by atoms with Crippen molar-refractivity contribution in [1.29, 1.82) is 0 Å². The van der Waals surface area contributed by atoms with Crippen LogP contribution in [-0.2, 0) is 10.0 Å². The molecule has 0 aliphatic carbocycles. The van der Waals surface area contributed by atoms with Gasteiger partial charge in [-0.3, -0.25) is 0 Å². The standard InChI is InChI=1S/C20H21NO2S/c1-3-18-14-21(15-19(18)13-17-7-5-4-6-8-17)24(22,23)20-11-9-16(2)10-12-20/h3-13H,14-15H2,1-2H3/b18-3+,19-13-. The molecule has 0 saturated carbocycles. The molecule has 0 aromatic heterocycles. The van der Waals surface area contributed by atoms with E-state index in [0.29, 0.717) is 18.0 Å². The Morgan fingerprint density at radius 2 is 1.54 bits per heavy atom. The van der Waals surface area contributed by atoms with Crippen LogP contribution in [0.1, 0.15) is 18.1 Å². The molecule has 1 heterocycles. The molecule has 24 heavy (non-hydrogen) atoms. The molecule has 3 rings (SSSR count). The molecule has 0 N–H and O–H groups in total. The van der Waals surface area contributed by atoms with E-state index in [4.69, 9.17) is 0 Å². The molecule has 0 radical (unpaired) electrons. The molecule has 2 aromatic rings. The van der Waals surface area contributed by atoms with Crippen LogP contribution in [0.5, 0.6) is 0 Å². The zero-order valence-electron chi connectivity index (χ0n) is 13.9. The third kappa shape index (κ3) is 3.35. The van der Waals surface area contributed by atoms with Gasteiger partial charge in [0, 0.05) is 13.1 Å². The fraction of sp³-hybridized carbons (Fsp3) is 0.200. The first-order valence-electron chi connectivity index (χ1n) is 7.99. The summed E-state index contributed by atoms with van der Waals surface area (Å²) >= 11 is 0. The molecule has 1 saturated heterocycles. The number of nitrogens with zero attached hydrogens (tertiary/aromatic N) is 1. The molecule has 0 amide bonds. The largest absolute Gasteiger partial charge is 0.243 e. The van der Waals surface area contributed by atoms with Crippen molar-refractivity contribution in [2.24, 2.45) is 0 Å². The molecule has 1 aliphatic heterocycles. The number of sulfonamides is 1. The molecule has 4 heteroatoms. The molecule has 0 unspecified atom stereocenters. The normalized spacial score (nSPS) is 19.2. The molecule has 0 bridgehead atoms. The number of rotatable bonds is 3. The van der Waals surface area contributed by atoms with Crippen molar-refractivity contribution in [3.8, 4) is 0 Å². The van der Waals surface area contributed by atoms with Crippen LogP contribution in [0.25, 0.3) is 6.08 Å². The highest BCUT2D eigenvalue weighted by Gasteiger charge is 2.31. The van der Waals surface area contributed by atoms with Gasteiger partial charge in [0.05, 0.1) is 4.90 Å². The lowest BCUT2D eigenvalue weighted by Gasteiger charge is -2.15. The van der Waals surface area contributed by atoms with E-state index in [1.165, 1.54) is 0 Å². The monoisotopic (exact) mass is 339 g/mol. The number of allylic oxidation sites excluding steroid dienone is 1. The molecule has 1 fully saturated rings. The average Bonchev–Trinajstić information content (AvgIpc) is 3.00. The Hall–Kier alpha value is -2.17. The molecule has 124 valence electrons. The number of aryl methyl sites for hydroxylation is 1. The molecule has 1 aliphatic rings. The van der Waals surface area contributed by atoms with Crippen LogP contribution in [0.2, 0.25) is 0 Å². The number of hydrogen-bond donors (Lipinski definition) is 0. The lowest BCUT2D eigenvalue weighted by atomic mass is 10.1. The van der Waals surface area contributed by atoms with E-state index in [2.05, 4.69) is 6.08 Å². The average molecular weight is 339 g/mol. The van der Waals surface area contributed by atoms with Gasteiger partial charge in [-0.05, 0) is 42.7 Å². The van der Waals surface area contributed by atoms with Gasteiger partial charge >= 0.3 is 0 Å². The van der Waals surface area contributed by atoms with E-state index >= 15 is 0 Å². The van der Waals surface area contributed by atoms with Crippen LogP contribution in [0.15, 0.2) is 76.7 Å². The number of hydrogen-bond acceptors (Lipinski definition) is 2. The van der Waals surface area contributed by atoms with Crippen molar-refractivity contribution < 1.29 is 8.42 Å². The summed E-state index contributed by atoms with van der Waals surface area (Å²) in [5.41, 5.74) is 4.25. The summed E-state index contributed by atoms with van der Waals surface area (Å²) in [6.45, 7) is 4.73. The summed E-state index contributed by atoms with van der Waals surface area (Å²) in [7, 11) is -3.47. The van der Waals surface area contributed by atoms with E-state index in [9.17, 15) is 8.42 Å². The van der Waals surface area contributed by atoms with Gasteiger partial charge in [-0.15, -0.1) is 0 Å². The third-order valence-corrected chi connectivity index (χ3v) is 6.06. The first kappa shape index (κ1) is 16.7. The van der Waals surface area contributed by atoms with Gasteiger partial charge in [0.1, 0.15) is 0 Å². The van der Waals surface area contributed by atoms with Crippen LogP contribution in [0.3, 0.4) is 0 Å². The SMILES string of the molecule is C/C=C1\CN(S(=O)(=O)c2ccc(C)cc2)C\C1=C\c1ccccc1. The summed E-state index contributed by atoms with van der Waals surface area (Å²) in [5, 5.41) is 0. The van der Waals surface area contributed by atoms with Gasteiger partial charge in [0.15, 0.2) is 0 Å². The zero-order valence-corrected chi connectivity index (χ0v) is 14.8. The molecule has 2 aromatic carbocycles. The van der Waals surface area contributed by atoms with E-state index in [1.54, 1.807) is 16.4 Å². The van der Waals surface area contributed by atoms with Crippen molar-refractivity contribution in [1.82, 2.24) is 4.31 Å². The number of benzene rings is 2. The topological polar surface area (TPSA) is 37.4 Å². The fourth-order valence-electron chi connectivity index (χ4n) is 2.83. The van der Waals surface area contributed by atoms with Gasteiger partial charge in [0.2, 0.25) is 10.0 Å². The lowest BCUT2D eigenvalue weighted by molar-refractivity contribution is 0.489. The van der Waals surface area contributed by atoms with E-state index in [-0.39, 0.29) is 0 Å². The highest BCUT2D eigenvalue weighted by molar-refractivity contribution is 7.89. The smallest absolute Gasteiger partial charge is 0.207 e. The van der Waals surface area contributed by atoms with Gasteiger partial charge in [-0.2, -0.15) is 4.31 Å². The molecule has 0 spiro atoms. The molecule has 3 nitrogen and oxygen atoms in total. The Morgan fingerprint density at radius 3 is 2.17 bits per heavy atom. The minimum atomic E-state index is -3.47. The second-order valence-corrected chi connectivity index (χ2v) is 7.92. The predicted molar refractivity (Wildman–Crippen MR) is 98.1 cm³/mol. The van der Waals surface area contributed by atoms with Crippen molar-refractivity contribution in [2.45, 2.75) is 18.7 Å². The van der Waals surface area contributed by atoms with Crippen molar-refractivity contribution >= 4 is 16.1 Å². The Labute approximate surface area is 144 Å². The van der Waals surface area contributed by atoms with E-state index in [0.717, 1.165) is 22.3 Å². The Balaban J connectivity index is 1.92. The maximum atomic E-state index is 12.9. The summed E-state index contributed by atoms with van der Waals surface area (Å²) < 4.78 is 27.3.